The van der Waals surface area contributed by atoms with Gasteiger partial charge in [0.1, 0.15) is 0 Å². The third-order valence-corrected chi connectivity index (χ3v) is 6.34. The second-order valence-corrected chi connectivity index (χ2v) is 8.64. The molecule has 0 bridgehead atoms. The van der Waals surface area contributed by atoms with E-state index < -0.39 is 0 Å². The third kappa shape index (κ3) is 5.09. The van der Waals surface area contributed by atoms with Gasteiger partial charge in [-0.1, -0.05) is 36.4 Å². The quantitative estimate of drug-likeness (QED) is 0.381. The van der Waals surface area contributed by atoms with E-state index in [0.29, 0.717) is 49.9 Å². The molecule has 1 aliphatic heterocycles. The van der Waals surface area contributed by atoms with E-state index in [4.69, 9.17) is 4.74 Å². The zero-order valence-electron chi connectivity index (χ0n) is 19.6. The Bertz CT molecular complexity index is 1370. The molecule has 1 unspecified atom stereocenters. The molecule has 1 atom stereocenters. The number of carbonyl (C=O) groups is 1. The lowest BCUT2D eigenvalue weighted by molar-refractivity contribution is -0.121. The van der Waals surface area contributed by atoms with Gasteiger partial charge in [0.2, 0.25) is 11.9 Å². The number of ether oxygens (including phenoxy) is 1. The van der Waals surface area contributed by atoms with E-state index in [1.807, 2.05) is 60.4 Å². The molecule has 1 fully saturated rings. The number of aromatic amines is 2. The van der Waals surface area contributed by atoms with Crippen molar-refractivity contribution in [3.8, 4) is 0 Å². The number of aryl methyl sites for hydroxylation is 1. The molecule has 0 aliphatic carbocycles. The topological polar surface area (TPSA) is 116 Å². The maximum atomic E-state index is 13.0. The monoisotopic (exact) mass is 472 g/mol. The van der Waals surface area contributed by atoms with Crippen LogP contribution in [0.3, 0.4) is 0 Å². The van der Waals surface area contributed by atoms with Crippen LogP contribution in [0.5, 0.6) is 0 Å². The second-order valence-electron chi connectivity index (χ2n) is 8.64. The van der Waals surface area contributed by atoms with Gasteiger partial charge in [-0.3, -0.25) is 14.6 Å². The summed E-state index contributed by atoms with van der Waals surface area (Å²) in [6, 6.07) is 15.4. The predicted molar refractivity (Wildman–Crippen MR) is 133 cm³/mol. The summed E-state index contributed by atoms with van der Waals surface area (Å²) in [4.78, 5) is 42.7. The first-order chi connectivity index (χ1) is 17.1. The molecule has 9 nitrogen and oxygen atoms in total. The number of nitrogens with zero attached hydrogens (tertiary/aromatic N) is 3. The van der Waals surface area contributed by atoms with Gasteiger partial charge in [-0.2, -0.15) is 0 Å². The smallest absolute Gasteiger partial charge is 0.255 e. The van der Waals surface area contributed by atoms with Crippen LogP contribution in [0, 0.1) is 6.92 Å². The first-order valence-corrected chi connectivity index (χ1v) is 11.8. The van der Waals surface area contributed by atoms with Gasteiger partial charge in [-0.15, -0.1) is 0 Å². The molecule has 3 N–H and O–H groups in total. The van der Waals surface area contributed by atoms with Crippen molar-refractivity contribution in [2.45, 2.75) is 25.8 Å². The zero-order valence-corrected chi connectivity index (χ0v) is 19.6. The first kappa shape index (κ1) is 22.8. The molecule has 1 saturated heterocycles. The average molecular weight is 473 g/mol. The van der Waals surface area contributed by atoms with Crippen LogP contribution in [0.25, 0.3) is 11.0 Å². The molecule has 0 spiro atoms. The molecule has 4 aromatic rings. The van der Waals surface area contributed by atoms with Crippen molar-refractivity contribution in [2.24, 2.45) is 0 Å². The summed E-state index contributed by atoms with van der Waals surface area (Å²) in [6.45, 7) is 4.42. The zero-order chi connectivity index (χ0) is 24.2. The Morgan fingerprint density at radius 2 is 1.94 bits per heavy atom. The van der Waals surface area contributed by atoms with E-state index in [9.17, 15) is 9.59 Å². The van der Waals surface area contributed by atoms with Crippen molar-refractivity contribution in [3.05, 3.63) is 87.6 Å². The molecule has 180 valence electrons. The van der Waals surface area contributed by atoms with Crippen molar-refractivity contribution in [3.63, 3.8) is 0 Å². The number of amides is 1. The van der Waals surface area contributed by atoms with Gasteiger partial charge in [0.05, 0.1) is 36.6 Å². The van der Waals surface area contributed by atoms with E-state index in [1.165, 1.54) is 0 Å². The Kier molecular flexibility index (Phi) is 6.58. The Morgan fingerprint density at radius 3 is 2.71 bits per heavy atom. The summed E-state index contributed by atoms with van der Waals surface area (Å²) in [5.74, 6) is 0.418. The van der Waals surface area contributed by atoms with Gasteiger partial charge in [0.25, 0.3) is 5.56 Å². The van der Waals surface area contributed by atoms with Crippen LogP contribution in [0.15, 0.2) is 59.7 Å². The molecule has 1 aliphatic rings. The normalized spacial score (nSPS) is 14.7. The van der Waals surface area contributed by atoms with Gasteiger partial charge in [0.15, 0.2) is 0 Å². The molecule has 2 aromatic heterocycles. The van der Waals surface area contributed by atoms with Crippen molar-refractivity contribution in [1.29, 1.82) is 0 Å². The summed E-state index contributed by atoms with van der Waals surface area (Å²) in [6.07, 6.45) is 2.14. The standard InChI is InChI=1S/C26H28N6O3/c1-17-20(25(34)31-26(29-17)32-11-13-35-14-12-32)8-10-23(33)30-24(18-5-3-2-4-6-18)19-7-9-21-22(15-19)28-16-27-21/h2-7,9,15-16,24H,8,10-14H2,1H3,(H,27,28)(H,30,33)(H,29,31,34). The number of H-pyrrole nitrogens is 2. The van der Waals surface area contributed by atoms with Crippen LogP contribution in [0.2, 0.25) is 0 Å². The third-order valence-electron chi connectivity index (χ3n) is 6.34. The summed E-state index contributed by atoms with van der Waals surface area (Å²) in [5, 5.41) is 3.15. The van der Waals surface area contributed by atoms with E-state index in [-0.39, 0.29) is 23.9 Å². The number of aromatic nitrogens is 4. The largest absolute Gasteiger partial charge is 0.378 e. The summed E-state index contributed by atoms with van der Waals surface area (Å²) < 4.78 is 5.37. The minimum absolute atomic E-state index is 0.139. The minimum atomic E-state index is -0.322. The number of carbonyl (C=O) groups excluding carboxylic acids is 1. The summed E-state index contributed by atoms with van der Waals surface area (Å²) in [5.41, 5.74) is 4.69. The maximum Gasteiger partial charge on any atom is 0.255 e. The lowest BCUT2D eigenvalue weighted by Crippen LogP contribution is -2.38. The molecule has 9 heteroatoms. The molecule has 0 saturated carbocycles. The first-order valence-electron chi connectivity index (χ1n) is 11.8. The predicted octanol–water partition coefficient (Wildman–Crippen LogP) is 2.63. The molecule has 3 heterocycles. The van der Waals surface area contributed by atoms with Crippen LogP contribution < -0.4 is 15.8 Å². The van der Waals surface area contributed by atoms with E-state index in [1.54, 1.807) is 6.33 Å². The van der Waals surface area contributed by atoms with Gasteiger partial charge in [0, 0.05) is 30.8 Å². The van der Waals surface area contributed by atoms with Crippen LogP contribution in [0.1, 0.15) is 34.8 Å². The van der Waals surface area contributed by atoms with E-state index in [0.717, 1.165) is 22.2 Å². The van der Waals surface area contributed by atoms with Crippen molar-refractivity contribution < 1.29 is 9.53 Å². The van der Waals surface area contributed by atoms with Crippen molar-refractivity contribution >= 4 is 22.9 Å². The highest BCUT2D eigenvalue weighted by molar-refractivity contribution is 5.79. The van der Waals surface area contributed by atoms with Crippen LogP contribution in [-0.4, -0.2) is 52.1 Å². The Labute approximate surface area is 202 Å². The Hall–Kier alpha value is -3.98. The molecule has 5 rings (SSSR count). The maximum absolute atomic E-state index is 13.0. The average Bonchev–Trinajstić information content (AvgIpc) is 3.36. The van der Waals surface area contributed by atoms with Crippen LogP contribution >= 0.6 is 0 Å². The van der Waals surface area contributed by atoms with Crippen LogP contribution in [-0.2, 0) is 16.0 Å². The van der Waals surface area contributed by atoms with Gasteiger partial charge in [-0.25, -0.2) is 9.97 Å². The van der Waals surface area contributed by atoms with Gasteiger partial charge in [-0.05, 0) is 36.6 Å². The van der Waals surface area contributed by atoms with Gasteiger partial charge >= 0.3 is 0 Å². The molecule has 0 radical (unpaired) electrons. The summed E-state index contributed by atoms with van der Waals surface area (Å²) in [7, 11) is 0. The number of benzene rings is 2. The molecular weight excluding hydrogens is 444 g/mol. The number of imidazole rings is 1. The molecule has 2 aromatic carbocycles. The lowest BCUT2D eigenvalue weighted by Gasteiger charge is -2.27. The number of anilines is 1. The fraction of sp³-hybridized carbons (Fsp3) is 0.308. The number of fused-ring (bicyclic) bond motifs is 1. The summed E-state index contributed by atoms with van der Waals surface area (Å²) >= 11 is 0. The van der Waals surface area contributed by atoms with E-state index >= 15 is 0 Å². The number of hydrogen-bond acceptors (Lipinski definition) is 6. The van der Waals surface area contributed by atoms with E-state index in [2.05, 4.69) is 25.3 Å². The van der Waals surface area contributed by atoms with Crippen molar-refractivity contribution in [2.75, 3.05) is 31.2 Å². The highest BCUT2D eigenvalue weighted by atomic mass is 16.5. The Balaban J connectivity index is 1.31. The number of morpholine rings is 1. The SMILES string of the molecule is Cc1nc(N2CCOCC2)[nH]c(=O)c1CCC(=O)NC(c1ccccc1)c1ccc2nc[nH]c2c1. The fourth-order valence-corrected chi connectivity index (χ4v) is 4.42. The molecular formula is C26H28N6O3. The highest BCUT2D eigenvalue weighted by Crippen LogP contribution is 2.25. The number of nitrogens with one attached hydrogen (secondary N) is 3. The van der Waals surface area contributed by atoms with Gasteiger partial charge < -0.3 is 19.9 Å². The Morgan fingerprint density at radius 1 is 1.14 bits per heavy atom. The minimum Gasteiger partial charge on any atom is -0.378 e. The lowest BCUT2D eigenvalue weighted by atomic mass is 9.97. The highest BCUT2D eigenvalue weighted by Gasteiger charge is 2.20. The molecule has 35 heavy (non-hydrogen) atoms. The molecule has 1 amide bonds. The number of rotatable bonds is 7. The van der Waals surface area contributed by atoms with Crippen molar-refractivity contribution in [1.82, 2.24) is 25.3 Å². The number of hydrogen-bond donors (Lipinski definition) is 3. The fourth-order valence-electron chi connectivity index (χ4n) is 4.42. The van der Waals surface area contributed by atoms with Crippen LogP contribution in [0.4, 0.5) is 5.95 Å². The second kappa shape index (κ2) is 10.1.